The van der Waals surface area contributed by atoms with Gasteiger partial charge in [0.1, 0.15) is 5.69 Å². The first-order chi connectivity index (χ1) is 6.58. The van der Waals surface area contributed by atoms with E-state index in [1.165, 1.54) is 0 Å². The van der Waals surface area contributed by atoms with Gasteiger partial charge >= 0.3 is 5.97 Å². The van der Waals surface area contributed by atoms with E-state index in [2.05, 4.69) is 27.6 Å². The molecule has 14 heavy (non-hydrogen) atoms. The maximum atomic E-state index is 10.7. The molecule has 3 nitrogen and oxygen atoms in total. The highest BCUT2D eigenvalue weighted by Gasteiger charge is 2.08. The number of halogens is 2. The molecule has 0 spiro atoms. The molecule has 0 radical (unpaired) electrons. The maximum Gasteiger partial charge on any atom is 0.352 e. The zero-order chi connectivity index (χ0) is 10.3. The van der Waals surface area contributed by atoms with E-state index >= 15 is 0 Å². The lowest BCUT2D eigenvalue weighted by Crippen LogP contribution is -1.94. The van der Waals surface area contributed by atoms with Crippen LogP contribution in [0.15, 0.2) is 18.2 Å². The molecule has 2 rings (SSSR count). The molecular formula is C9H5ClINO2. The Bertz CT molecular complexity index is 482. The molecular weight excluding hydrogens is 316 g/mol. The molecule has 1 heterocycles. The molecule has 2 aromatic rings. The predicted octanol–water partition coefficient (Wildman–Crippen LogP) is 3.12. The van der Waals surface area contributed by atoms with Crippen LogP contribution in [0.4, 0.5) is 0 Å². The van der Waals surface area contributed by atoms with Crippen molar-refractivity contribution in [2.45, 2.75) is 0 Å². The van der Waals surface area contributed by atoms with E-state index in [0.717, 1.165) is 14.5 Å². The maximum absolute atomic E-state index is 10.7. The number of aromatic carboxylic acids is 1. The summed E-state index contributed by atoms with van der Waals surface area (Å²) in [6, 6.07) is 5.17. The summed E-state index contributed by atoms with van der Waals surface area (Å²) >= 11 is 8.01. The molecule has 1 aromatic carbocycles. The SMILES string of the molecule is O=C(O)c1cc2cc(I)c(Cl)cc2[nH]1. The predicted molar refractivity (Wildman–Crippen MR) is 63.0 cm³/mol. The second-order valence-electron chi connectivity index (χ2n) is 2.84. The third-order valence-electron chi connectivity index (χ3n) is 1.89. The summed E-state index contributed by atoms with van der Waals surface area (Å²) in [6.45, 7) is 0. The van der Waals surface area contributed by atoms with E-state index in [1.807, 2.05) is 6.07 Å². The first-order valence-corrected chi connectivity index (χ1v) is 5.24. The van der Waals surface area contributed by atoms with Gasteiger partial charge < -0.3 is 10.1 Å². The number of hydrogen-bond donors (Lipinski definition) is 2. The molecule has 0 unspecified atom stereocenters. The highest BCUT2D eigenvalue weighted by atomic mass is 127. The first kappa shape index (κ1) is 9.79. The van der Waals surface area contributed by atoms with Crippen molar-refractivity contribution in [1.29, 1.82) is 0 Å². The van der Waals surface area contributed by atoms with E-state index in [0.29, 0.717) is 5.02 Å². The van der Waals surface area contributed by atoms with Crippen molar-refractivity contribution >= 4 is 51.1 Å². The van der Waals surface area contributed by atoms with E-state index in [-0.39, 0.29) is 5.69 Å². The lowest BCUT2D eigenvalue weighted by Gasteiger charge is -1.94. The summed E-state index contributed by atoms with van der Waals surface area (Å²) < 4.78 is 0.910. The van der Waals surface area contributed by atoms with Gasteiger partial charge in [0.05, 0.1) is 5.02 Å². The van der Waals surface area contributed by atoms with Crippen LogP contribution in [-0.2, 0) is 0 Å². The molecule has 0 atom stereocenters. The third kappa shape index (κ3) is 1.59. The molecule has 0 aliphatic carbocycles. The van der Waals surface area contributed by atoms with Crippen LogP contribution in [0, 0.1) is 3.57 Å². The summed E-state index contributed by atoms with van der Waals surface area (Å²) in [5.41, 5.74) is 0.922. The number of rotatable bonds is 1. The molecule has 0 saturated heterocycles. The molecule has 2 N–H and O–H groups in total. The zero-order valence-corrected chi connectivity index (χ0v) is 9.76. The number of nitrogens with one attached hydrogen (secondary N) is 1. The second-order valence-corrected chi connectivity index (χ2v) is 4.41. The van der Waals surface area contributed by atoms with Gasteiger partial charge in [-0.3, -0.25) is 0 Å². The molecule has 0 saturated carbocycles. The number of carboxylic acid groups (broad SMARTS) is 1. The Hall–Kier alpha value is -0.750. The van der Waals surface area contributed by atoms with E-state index in [4.69, 9.17) is 16.7 Å². The van der Waals surface area contributed by atoms with E-state index in [1.54, 1.807) is 12.1 Å². The van der Waals surface area contributed by atoms with Gasteiger partial charge in [-0.05, 0) is 40.8 Å². The fourth-order valence-corrected chi connectivity index (χ4v) is 1.90. The molecule has 0 bridgehead atoms. The number of carboxylic acids is 1. The zero-order valence-electron chi connectivity index (χ0n) is 6.84. The normalized spacial score (nSPS) is 10.7. The highest BCUT2D eigenvalue weighted by molar-refractivity contribution is 14.1. The number of fused-ring (bicyclic) bond motifs is 1. The fraction of sp³-hybridized carbons (Fsp3) is 0. The summed E-state index contributed by atoms with van der Waals surface area (Å²) in [7, 11) is 0. The Morgan fingerprint density at radius 3 is 2.79 bits per heavy atom. The molecule has 0 amide bonds. The molecule has 72 valence electrons. The minimum atomic E-state index is -0.965. The van der Waals surface area contributed by atoms with Gasteiger partial charge in [0, 0.05) is 14.5 Å². The van der Waals surface area contributed by atoms with Crippen LogP contribution in [0.2, 0.25) is 5.02 Å². The van der Waals surface area contributed by atoms with Gasteiger partial charge in [-0.15, -0.1) is 0 Å². The van der Waals surface area contributed by atoms with Crippen molar-refractivity contribution < 1.29 is 9.90 Å². The van der Waals surface area contributed by atoms with Crippen LogP contribution in [0.3, 0.4) is 0 Å². The van der Waals surface area contributed by atoms with Gasteiger partial charge in [-0.2, -0.15) is 0 Å². The third-order valence-corrected chi connectivity index (χ3v) is 3.42. The Labute approximate surface area is 98.2 Å². The smallest absolute Gasteiger partial charge is 0.352 e. The van der Waals surface area contributed by atoms with Crippen molar-refractivity contribution in [2.75, 3.05) is 0 Å². The van der Waals surface area contributed by atoms with Gasteiger partial charge in [0.25, 0.3) is 0 Å². The van der Waals surface area contributed by atoms with Crippen LogP contribution >= 0.6 is 34.2 Å². The standard InChI is InChI=1S/C9H5ClINO2/c10-5-3-7-4(1-6(5)11)2-8(12-7)9(13)14/h1-3,12H,(H,13,14). The van der Waals surface area contributed by atoms with Crippen LogP contribution in [0.1, 0.15) is 10.5 Å². The number of H-pyrrole nitrogens is 1. The second kappa shape index (κ2) is 3.43. The van der Waals surface area contributed by atoms with E-state index < -0.39 is 5.97 Å². The topological polar surface area (TPSA) is 53.1 Å². The minimum Gasteiger partial charge on any atom is -0.477 e. The number of benzene rings is 1. The lowest BCUT2D eigenvalue weighted by atomic mass is 10.2. The summed E-state index contributed by atoms with van der Waals surface area (Å²) in [5, 5.41) is 10.2. The lowest BCUT2D eigenvalue weighted by molar-refractivity contribution is 0.0691. The Balaban J connectivity index is 2.72. The Kier molecular flexibility index (Phi) is 2.40. The molecule has 5 heteroatoms. The van der Waals surface area contributed by atoms with Gasteiger partial charge in [0.2, 0.25) is 0 Å². The van der Waals surface area contributed by atoms with Crippen molar-refractivity contribution in [3.05, 3.63) is 32.5 Å². The van der Waals surface area contributed by atoms with Crippen LogP contribution in [-0.4, -0.2) is 16.1 Å². The molecule has 0 fully saturated rings. The number of aromatic nitrogens is 1. The van der Waals surface area contributed by atoms with Gasteiger partial charge in [-0.25, -0.2) is 4.79 Å². The first-order valence-electron chi connectivity index (χ1n) is 3.79. The Morgan fingerprint density at radius 1 is 1.43 bits per heavy atom. The number of hydrogen-bond acceptors (Lipinski definition) is 1. The average Bonchev–Trinajstić information content (AvgIpc) is 2.48. The fourth-order valence-electron chi connectivity index (χ4n) is 1.24. The Morgan fingerprint density at radius 2 is 2.14 bits per heavy atom. The summed E-state index contributed by atoms with van der Waals surface area (Å²) in [5.74, 6) is -0.965. The molecule has 0 aliphatic heterocycles. The van der Waals surface area contributed by atoms with Crippen molar-refractivity contribution in [1.82, 2.24) is 4.98 Å². The van der Waals surface area contributed by atoms with Gasteiger partial charge in [0.15, 0.2) is 0 Å². The quantitative estimate of drug-likeness (QED) is 0.793. The average molecular weight is 322 g/mol. The van der Waals surface area contributed by atoms with Crippen LogP contribution in [0.25, 0.3) is 10.9 Å². The van der Waals surface area contributed by atoms with Crippen molar-refractivity contribution in [3.63, 3.8) is 0 Å². The van der Waals surface area contributed by atoms with Crippen molar-refractivity contribution in [3.8, 4) is 0 Å². The minimum absolute atomic E-state index is 0.179. The van der Waals surface area contributed by atoms with Crippen molar-refractivity contribution in [2.24, 2.45) is 0 Å². The monoisotopic (exact) mass is 321 g/mol. The molecule has 0 aliphatic rings. The summed E-state index contributed by atoms with van der Waals surface area (Å²) in [4.78, 5) is 13.5. The van der Waals surface area contributed by atoms with Crippen LogP contribution < -0.4 is 0 Å². The number of carbonyl (C=O) groups is 1. The van der Waals surface area contributed by atoms with E-state index in [9.17, 15) is 4.79 Å². The molecule has 1 aromatic heterocycles. The number of aromatic amines is 1. The van der Waals surface area contributed by atoms with Crippen LogP contribution in [0.5, 0.6) is 0 Å². The summed E-state index contributed by atoms with van der Waals surface area (Å²) in [6.07, 6.45) is 0. The van der Waals surface area contributed by atoms with Gasteiger partial charge in [-0.1, -0.05) is 11.6 Å². The largest absolute Gasteiger partial charge is 0.477 e. The highest BCUT2D eigenvalue weighted by Crippen LogP contribution is 2.25.